The third-order valence-corrected chi connectivity index (χ3v) is 5.90. The van der Waals surface area contributed by atoms with E-state index in [1.54, 1.807) is 36.3 Å². The van der Waals surface area contributed by atoms with Gasteiger partial charge < -0.3 is 20.3 Å². The Morgan fingerprint density at radius 3 is 2.55 bits per heavy atom. The van der Waals surface area contributed by atoms with Crippen LogP contribution in [0.1, 0.15) is 18.4 Å². The predicted octanol–water partition coefficient (Wildman–Crippen LogP) is 3.14. The third-order valence-electron chi connectivity index (χ3n) is 5.90. The minimum atomic E-state index is -0.547. The molecule has 0 bridgehead atoms. The minimum absolute atomic E-state index is 0.129. The lowest BCUT2D eigenvalue weighted by atomic mass is 10.0. The van der Waals surface area contributed by atoms with Gasteiger partial charge in [-0.2, -0.15) is 0 Å². The molecular formula is C26H27N3O4. The number of rotatable bonds is 7. The van der Waals surface area contributed by atoms with Gasteiger partial charge in [0.25, 0.3) is 0 Å². The van der Waals surface area contributed by atoms with E-state index in [0.29, 0.717) is 24.4 Å². The van der Waals surface area contributed by atoms with Crippen molar-refractivity contribution in [3.63, 3.8) is 0 Å². The molecule has 33 heavy (non-hydrogen) atoms. The fourth-order valence-corrected chi connectivity index (χ4v) is 4.20. The number of anilines is 1. The van der Waals surface area contributed by atoms with Crippen molar-refractivity contribution in [1.29, 1.82) is 0 Å². The number of amides is 3. The van der Waals surface area contributed by atoms with Crippen molar-refractivity contribution in [2.75, 3.05) is 25.5 Å². The molecule has 7 nitrogen and oxygen atoms in total. The van der Waals surface area contributed by atoms with Gasteiger partial charge in [0.2, 0.25) is 17.7 Å². The Labute approximate surface area is 192 Å². The van der Waals surface area contributed by atoms with E-state index in [1.807, 2.05) is 42.5 Å². The van der Waals surface area contributed by atoms with Crippen molar-refractivity contribution < 1.29 is 19.1 Å². The first-order chi connectivity index (χ1) is 16.0. The van der Waals surface area contributed by atoms with Gasteiger partial charge in [-0.3, -0.25) is 14.4 Å². The highest BCUT2D eigenvalue weighted by atomic mass is 16.5. The Bertz CT molecular complexity index is 1150. The highest BCUT2D eigenvalue weighted by Crippen LogP contribution is 2.21. The lowest BCUT2D eigenvalue weighted by Crippen LogP contribution is -2.47. The van der Waals surface area contributed by atoms with Crippen LogP contribution in [0.2, 0.25) is 0 Å². The number of nitrogens with zero attached hydrogens (tertiary/aromatic N) is 1. The zero-order chi connectivity index (χ0) is 23.2. The SMILES string of the molecule is COc1ccc(NC(=O)C2CCCN2C(=O)CNC(=O)Cc2cccc3ccccc23)cc1. The molecule has 0 radical (unpaired) electrons. The van der Waals surface area contributed by atoms with Gasteiger partial charge in [-0.15, -0.1) is 0 Å². The van der Waals surface area contributed by atoms with Crippen molar-refractivity contribution >= 4 is 34.2 Å². The fraction of sp³-hybridized carbons (Fsp3) is 0.269. The molecule has 1 aliphatic rings. The average Bonchev–Trinajstić information content (AvgIpc) is 3.34. The number of fused-ring (bicyclic) bond motifs is 1. The van der Waals surface area contributed by atoms with Gasteiger partial charge in [0.05, 0.1) is 20.1 Å². The molecule has 1 aliphatic heterocycles. The summed E-state index contributed by atoms with van der Waals surface area (Å²) in [7, 11) is 1.58. The van der Waals surface area contributed by atoms with E-state index < -0.39 is 6.04 Å². The van der Waals surface area contributed by atoms with Crippen molar-refractivity contribution in [3.05, 3.63) is 72.3 Å². The average molecular weight is 446 g/mol. The van der Waals surface area contributed by atoms with Gasteiger partial charge >= 0.3 is 0 Å². The molecule has 3 aromatic rings. The summed E-state index contributed by atoms with van der Waals surface area (Å²) < 4.78 is 5.13. The van der Waals surface area contributed by atoms with Crippen LogP contribution in [0.3, 0.4) is 0 Å². The second-order valence-electron chi connectivity index (χ2n) is 8.05. The van der Waals surface area contributed by atoms with Gasteiger partial charge in [0, 0.05) is 12.2 Å². The molecule has 0 spiro atoms. The van der Waals surface area contributed by atoms with Crippen molar-refractivity contribution in [3.8, 4) is 5.75 Å². The van der Waals surface area contributed by atoms with E-state index in [1.165, 1.54) is 0 Å². The number of hydrogen-bond acceptors (Lipinski definition) is 4. The van der Waals surface area contributed by atoms with Crippen molar-refractivity contribution in [2.24, 2.45) is 0 Å². The Hall–Kier alpha value is -3.87. The maximum Gasteiger partial charge on any atom is 0.247 e. The first-order valence-electron chi connectivity index (χ1n) is 11.0. The highest BCUT2D eigenvalue weighted by Gasteiger charge is 2.34. The highest BCUT2D eigenvalue weighted by molar-refractivity contribution is 5.98. The van der Waals surface area contributed by atoms with Crippen molar-refractivity contribution in [2.45, 2.75) is 25.3 Å². The fourth-order valence-electron chi connectivity index (χ4n) is 4.20. The molecule has 1 saturated heterocycles. The molecule has 7 heteroatoms. The van der Waals surface area contributed by atoms with Crippen LogP contribution < -0.4 is 15.4 Å². The number of methoxy groups -OCH3 is 1. The molecule has 1 unspecified atom stereocenters. The van der Waals surface area contributed by atoms with Crippen LogP contribution in [0, 0.1) is 0 Å². The van der Waals surface area contributed by atoms with E-state index in [4.69, 9.17) is 4.74 Å². The van der Waals surface area contributed by atoms with Gasteiger partial charge in [-0.1, -0.05) is 42.5 Å². The van der Waals surface area contributed by atoms with Crippen LogP contribution in [0.5, 0.6) is 5.75 Å². The predicted molar refractivity (Wildman–Crippen MR) is 127 cm³/mol. The number of nitrogens with one attached hydrogen (secondary N) is 2. The summed E-state index contributed by atoms with van der Waals surface area (Å²) in [5, 5.41) is 7.67. The number of carbonyl (C=O) groups excluding carboxylic acids is 3. The van der Waals surface area contributed by atoms with E-state index in [2.05, 4.69) is 10.6 Å². The Kier molecular flexibility index (Phi) is 6.88. The minimum Gasteiger partial charge on any atom is -0.497 e. The molecule has 3 aromatic carbocycles. The quantitative estimate of drug-likeness (QED) is 0.585. The molecule has 4 rings (SSSR count). The monoisotopic (exact) mass is 445 g/mol. The lowest BCUT2D eigenvalue weighted by Gasteiger charge is -2.24. The molecule has 1 heterocycles. The van der Waals surface area contributed by atoms with Gasteiger partial charge in [-0.25, -0.2) is 0 Å². The number of benzene rings is 3. The summed E-state index contributed by atoms with van der Waals surface area (Å²) in [5.74, 6) is -0.00945. The number of ether oxygens (including phenoxy) is 1. The summed E-state index contributed by atoms with van der Waals surface area (Å²) in [5.41, 5.74) is 1.56. The number of carbonyl (C=O) groups is 3. The smallest absolute Gasteiger partial charge is 0.247 e. The topological polar surface area (TPSA) is 87.7 Å². The summed E-state index contributed by atoms with van der Waals surface area (Å²) in [6.45, 7) is 0.370. The van der Waals surface area contributed by atoms with Gasteiger partial charge in [-0.05, 0) is 53.4 Å². The summed E-state index contributed by atoms with van der Waals surface area (Å²) in [6.07, 6.45) is 1.53. The second-order valence-corrected chi connectivity index (χ2v) is 8.05. The Morgan fingerprint density at radius 2 is 1.76 bits per heavy atom. The zero-order valence-electron chi connectivity index (χ0n) is 18.5. The number of hydrogen-bond donors (Lipinski definition) is 2. The third kappa shape index (κ3) is 5.31. The van der Waals surface area contributed by atoms with Crippen LogP contribution in [0.15, 0.2) is 66.7 Å². The molecule has 0 aromatic heterocycles. The van der Waals surface area contributed by atoms with E-state index in [0.717, 1.165) is 22.8 Å². The summed E-state index contributed by atoms with van der Waals surface area (Å²) in [6, 6.07) is 20.2. The molecule has 170 valence electrons. The largest absolute Gasteiger partial charge is 0.497 e. The van der Waals surface area contributed by atoms with E-state index >= 15 is 0 Å². The molecule has 0 aliphatic carbocycles. The molecule has 2 N–H and O–H groups in total. The first kappa shape index (κ1) is 22.3. The van der Waals surface area contributed by atoms with Crippen LogP contribution >= 0.6 is 0 Å². The van der Waals surface area contributed by atoms with Gasteiger partial charge in [0.1, 0.15) is 11.8 Å². The van der Waals surface area contributed by atoms with E-state index in [-0.39, 0.29) is 30.7 Å². The summed E-state index contributed by atoms with van der Waals surface area (Å²) in [4.78, 5) is 39.6. The van der Waals surface area contributed by atoms with E-state index in [9.17, 15) is 14.4 Å². The Morgan fingerprint density at radius 1 is 1.00 bits per heavy atom. The molecule has 1 fully saturated rings. The molecule has 3 amide bonds. The van der Waals surface area contributed by atoms with Crippen LogP contribution in [0.25, 0.3) is 10.8 Å². The second kappa shape index (κ2) is 10.2. The molecule has 0 saturated carbocycles. The first-order valence-corrected chi connectivity index (χ1v) is 11.0. The number of likely N-dealkylation sites (tertiary alicyclic amines) is 1. The summed E-state index contributed by atoms with van der Waals surface area (Å²) >= 11 is 0. The maximum absolute atomic E-state index is 12.8. The van der Waals surface area contributed by atoms with Crippen LogP contribution in [-0.2, 0) is 20.8 Å². The molecular weight excluding hydrogens is 418 g/mol. The lowest BCUT2D eigenvalue weighted by molar-refractivity contribution is -0.137. The normalized spacial score (nSPS) is 15.3. The van der Waals surface area contributed by atoms with Crippen LogP contribution in [-0.4, -0.2) is 48.9 Å². The van der Waals surface area contributed by atoms with Crippen LogP contribution in [0.4, 0.5) is 5.69 Å². The Balaban J connectivity index is 1.32. The molecule has 1 atom stereocenters. The standard InChI is InChI=1S/C26H27N3O4/c1-33-21-13-11-20(12-14-21)28-26(32)23-10-5-15-29(23)25(31)17-27-24(30)16-19-8-4-7-18-6-2-3-9-22(18)19/h2-4,6-9,11-14,23H,5,10,15-17H2,1H3,(H,27,30)(H,28,32). The van der Waals surface area contributed by atoms with Gasteiger partial charge in [0.15, 0.2) is 0 Å². The zero-order valence-corrected chi connectivity index (χ0v) is 18.5. The maximum atomic E-state index is 12.8. The van der Waals surface area contributed by atoms with Crippen molar-refractivity contribution in [1.82, 2.24) is 10.2 Å².